The first-order valence-corrected chi connectivity index (χ1v) is 5.60. The highest BCUT2D eigenvalue weighted by Crippen LogP contribution is 2.61. The molecule has 2 saturated carbocycles. The van der Waals surface area contributed by atoms with Crippen molar-refractivity contribution in [3.05, 3.63) is 12.4 Å². The molecule has 3 rings (SSSR count). The van der Waals surface area contributed by atoms with Gasteiger partial charge in [-0.05, 0) is 37.0 Å². The Morgan fingerprint density at radius 3 is 2.67 bits per heavy atom. The average molecular weight is 204 g/mol. The second-order valence-corrected chi connectivity index (χ2v) is 4.82. The van der Waals surface area contributed by atoms with Gasteiger partial charge in [0, 0.05) is 6.54 Å². The lowest BCUT2D eigenvalue weighted by Crippen LogP contribution is -2.18. The van der Waals surface area contributed by atoms with Crippen LogP contribution in [0.2, 0.25) is 0 Å². The molecule has 1 heterocycles. The summed E-state index contributed by atoms with van der Waals surface area (Å²) in [6, 6.07) is 0. The molecule has 0 bridgehead atoms. The van der Waals surface area contributed by atoms with E-state index >= 15 is 0 Å². The van der Waals surface area contributed by atoms with Crippen LogP contribution in [0.25, 0.3) is 0 Å². The van der Waals surface area contributed by atoms with E-state index in [1.807, 2.05) is 0 Å². The Bertz CT molecular complexity index is 351. The molecule has 0 radical (unpaired) electrons. The fourth-order valence-electron chi connectivity index (χ4n) is 2.28. The molecule has 2 fully saturated rings. The van der Waals surface area contributed by atoms with E-state index in [4.69, 9.17) is 5.73 Å². The van der Waals surface area contributed by atoms with E-state index in [1.165, 1.54) is 25.7 Å². The van der Waals surface area contributed by atoms with Gasteiger partial charge in [0.05, 0.1) is 12.4 Å². The lowest BCUT2D eigenvalue weighted by molar-refractivity contribution is 0.466. The van der Waals surface area contributed by atoms with E-state index in [1.54, 1.807) is 12.4 Å². The Morgan fingerprint density at radius 2 is 2.13 bits per heavy atom. The van der Waals surface area contributed by atoms with Crippen LogP contribution in [0.4, 0.5) is 11.6 Å². The molecule has 4 heteroatoms. The molecule has 0 amide bonds. The van der Waals surface area contributed by atoms with Crippen LogP contribution in [0, 0.1) is 11.3 Å². The molecule has 1 aromatic heterocycles. The molecule has 0 aromatic carbocycles. The van der Waals surface area contributed by atoms with Crippen molar-refractivity contribution in [1.29, 1.82) is 0 Å². The number of hydrogen-bond acceptors (Lipinski definition) is 4. The maximum atomic E-state index is 5.48. The molecule has 1 aromatic rings. The Balaban J connectivity index is 1.59. The fourth-order valence-corrected chi connectivity index (χ4v) is 2.28. The number of rotatable bonds is 4. The molecular formula is C11H16N4. The summed E-state index contributed by atoms with van der Waals surface area (Å²) in [5, 5.41) is 3.37. The standard InChI is InChI=1S/C11H16N4/c12-9-5-14-10(6-13-9)15-7-11(3-4-11)8-1-2-8/h5-6,8H,1-4,7H2,(H2,12,13)(H,14,15). The molecule has 2 aliphatic rings. The highest BCUT2D eigenvalue weighted by Gasteiger charge is 2.53. The summed E-state index contributed by atoms with van der Waals surface area (Å²) in [4.78, 5) is 8.20. The third-order valence-corrected chi connectivity index (χ3v) is 3.63. The van der Waals surface area contributed by atoms with Gasteiger partial charge in [-0.3, -0.25) is 0 Å². The summed E-state index contributed by atoms with van der Waals surface area (Å²) < 4.78 is 0. The Kier molecular flexibility index (Phi) is 1.84. The van der Waals surface area contributed by atoms with Gasteiger partial charge < -0.3 is 11.1 Å². The van der Waals surface area contributed by atoms with Crippen LogP contribution in [-0.2, 0) is 0 Å². The van der Waals surface area contributed by atoms with Crippen molar-refractivity contribution in [2.24, 2.45) is 11.3 Å². The first kappa shape index (κ1) is 8.95. The van der Waals surface area contributed by atoms with Crippen LogP contribution < -0.4 is 11.1 Å². The number of nitrogen functional groups attached to an aromatic ring is 1. The minimum absolute atomic E-state index is 0.476. The molecule has 2 aliphatic carbocycles. The molecule has 80 valence electrons. The zero-order valence-electron chi connectivity index (χ0n) is 8.74. The maximum Gasteiger partial charge on any atom is 0.144 e. The largest absolute Gasteiger partial charge is 0.382 e. The van der Waals surface area contributed by atoms with Crippen molar-refractivity contribution < 1.29 is 0 Å². The summed E-state index contributed by atoms with van der Waals surface area (Å²) in [5.41, 5.74) is 6.08. The van der Waals surface area contributed by atoms with Gasteiger partial charge in [0.1, 0.15) is 11.6 Å². The summed E-state index contributed by atoms with van der Waals surface area (Å²) in [6.07, 6.45) is 8.92. The number of hydrogen-bond donors (Lipinski definition) is 2. The van der Waals surface area contributed by atoms with Crippen LogP contribution in [-0.4, -0.2) is 16.5 Å². The van der Waals surface area contributed by atoms with Crippen LogP contribution in [0.15, 0.2) is 12.4 Å². The smallest absolute Gasteiger partial charge is 0.144 e. The summed E-state index contributed by atoms with van der Waals surface area (Å²) in [6.45, 7) is 1.05. The van der Waals surface area contributed by atoms with Crippen molar-refractivity contribution in [2.75, 3.05) is 17.6 Å². The second kappa shape index (κ2) is 3.08. The van der Waals surface area contributed by atoms with Crippen molar-refractivity contribution in [3.63, 3.8) is 0 Å². The Labute approximate surface area is 89.3 Å². The molecule has 0 aliphatic heterocycles. The number of aromatic nitrogens is 2. The Morgan fingerprint density at radius 1 is 1.33 bits per heavy atom. The third kappa shape index (κ3) is 1.76. The normalized spacial score (nSPS) is 22.4. The summed E-state index contributed by atoms with van der Waals surface area (Å²) in [5.74, 6) is 2.30. The zero-order chi connectivity index (χ0) is 10.3. The summed E-state index contributed by atoms with van der Waals surface area (Å²) in [7, 11) is 0. The van der Waals surface area contributed by atoms with E-state index < -0.39 is 0 Å². The molecule has 15 heavy (non-hydrogen) atoms. The quantitative estimate of drug-likeness (QED) is 0.783. The first-order chi connectivity index (χ1) is 7.28. The van der Waals surface area contributed by atoms with E-state index in [9.17, 15) is 0 Å². The molecule has 0 saturated heterocycles. The SMILES string of the molecule is Nc1cnc(NCC2(C3CC3)CC2)cn1. The van der Waals surface area contributed by atoms with Crippen molar-refractivity contribution in [2.45, 2.75) is 25.7 Å². The molecule has 0 spiro atoms. The van der Waals surface area contributed by atoms with E-state index in [0.717, 1.165) is 18.3 Å². The molecule has 0 atom stereocenters. The predicted molar refractivity (Wildman–Crippen MR) is 59.3 cm³/mol. The van der Waals surface area contributed by atoms with Gasteiger partial charge in [-0.2, -0.15) is 0 Å². The Hall–Kier alpha value is -1.32. The minimum Gasteiger partial charge on any atom is -0.382 e. The number of nitrogens with zero attached hydrogens (tertiary/aromatic N) is 2. The monoisotopic (exact) mass is 204 g/mol. The second-order valence-electron chi connectivity index (χ2n) is 4.82. The van der Waals surface area contributed by atoms with Crippen LogP contribution in [0.5, 0.6) is 0 Å². The van der Waals surface area contributed by atoms with E-state index in [2.05, 4.69) is 15.3 Å². The number of nitrogens with two attached hydrogens (primary N) is 1. The van der Waals surface area contributed by atoms with Crippen molar-refractivity contribution in [3.8, 4) is 0 Å². The van der Waals surface area contributed by atoms with Gasteiger partial charge in [0.2, 0.25) is 0 Å². The highest BCUT2D eigenvalue weighted by atomic mass is 15.0. The first-order valence-electron chi connectivity index (χ1n) is 5.60. The predicted octanol–water partition coefficient (Wildman–Crippen LogP) is 1.66. The van der Waals surface area contributed by atoms with Crippen LogP contribution >= 0.6 is 0 Å². The number of nitrogens with one attached hydrogen (secondary N) is 1. The highest BCUT2D eigenvalue weighted by molar-refractivity contribution is 5.36. The number of anilines is 2. The lowest BCUT2D eigenvalue weighted by atomic mass is 10.0. The van der Waals surface area contributed by atoms with E-state index in [-0.39, 0.29) is 0 Å². The average Bonchev–Trinajstić information content (AvgIpc) is 3.10. The van der Waals surface area contributed by atoms with Crippen molar-refractivity contribution in [1.82, 2.24) is 9.97 Å². The zero-order valence-corrected chi connectivity index (χ0v) is 8.74. The molecule has 0 unspecified atom stereocenters. The summed E-state index contributed by atoms with van der Waals surface area (Å²) >= 11 is 0. The van der Waals surface area contributed by atoms with Gasteiger partial charge >= 0.3 is 0 Å². The van der Waals surface area contributed by atoms with Gasteiger partial charge in [0.25, 0.3) is 0 Å². The van der Waals surface area contributed by atoms with Crippen LogP contribution in [0.1, 0.15) is 25.7 Å². The van der Waals surface area contributed by atoms with Gasteiger partial charge in [-0.25, -0.2) is 9.97 Å². The maximum absolute atomic E-state index is 5.48. The van der Waals surface area contributed by atoms with E-state index in [0.29, 0.717) is 11.2 Å². The molecular weight excluding hydrogens is 188 g/mol. The topological polar surface area (TPSA) is 63.8 Å². The van der Waals surface area contributed by atoms with Crippen molar-refractivity contribution >= 4 is 11.6 Å². The fraction of sp³-hybridized carbons (Fsp3) is 0.636. The lowest BCUT2D eigenvalue weighted by Gasteiger charge is -2.14. The van der Waals surface area contributed by atoms with Gasteiger partial charge in [-0.15, -0.1) is 0 Å². The van der Waals surface area contributed by atoms with Crippen LogP contribution in [0.3, 0.4) is 0 Å². The molecule has 4 nitrogen and oxygen atoms in total. The van der Waals surface area contributed by atoms with Gasteiger partial charge in [0.15, 0.2) is 0 Å². The molecule has 3 N–H and O–H groups in total. The third-order valence-electron chi connectivity index (χ3n) is 3.63. The van der Waals surface area contributed by atoms with Gasteiger partial charge in [-0.1, -0.05) is 0 Å². The minimum atomic E-state index is 0.476.